The first kappa shape index (κ1) is 14.5. The van der Waals surface area contributed by atoms with E-state index >= 15 is 0 Å². The van der Waals surface area contributed by atoms with Gasteiger partial charge in [0.1, 0.15) is 5.75 Å². The Kier molecular flexibility index (Phi) is 4.03. The molecule has 1 nitrogen and oxygen atoms in total. The molecular formula is C20H16OS. The maximum absolute atomic E-state index is 9.34. The minimum absolute atomic E-state index is 0.259. The van der Waals surface area contributed by atoms with Gasteiger partial charge in [0.2, 0.25) is 0 Å². The molecule has 0 aromatic heterocycles. The summed E-state index contributed by atoms with van der Waals surface area (Å²) in [6.45, 7) is 8.27. The molecule has 0 radical (unpaired) electrons. The second-order valence-electron chi connectivity index (χ2n) is 5.06. The standard InChI is InChI=1S/C20H16OS/c1-14(16-9-11-20(21)12-10-16)22-15(2)18-8-7-17-5-3-4-6-19(17)13-18/h3-13,21H,1-2H2. The van der Waals surface area contributed by atoms with Gasteiger partial charge in [-0.25, -0.2) is 0 Å². The van der Waals surface area contributed by atoms with Crippen LogP contribution in [0, 0.1) is 0 Å². The lowest BCUT2D eigenvalue weighted by molar-refractivity contribution is 0.475. The van der Waals surface area contributed by atoms with Gasteiger partial charge in [-0.3, -0.25) is 0 Å². The predicted octanol–water partition coefficient (Wildman–Crippen LogP) is 5.92. The van der Waals surface area contributed by atoms with Crippen LogP contribution in [-0.4, -0.2) is 5.11 Å². The fourth-order valence-corrected chi connectivity index (χ4v) is 3.07. The number of rotatable bonds is 4. The van der Waals surface area contributed by atoms with Crippen LogP contribution in [0.2, 0.25) is 0 Å². The van der Waals surface area contributed by atoms with E-state index in [1.807, 2.05) is 24.3 Å². The molecular weight excluding hydrogens is 288 g/mol. The molecule has 3 aromatic rings. The van der Waals surface area contributed by atoms with E-state index in [2.05, 4.69) is 43.5 Å². The number of phenolic OH excluding ortho intramolecular Hbond substituents is 1. The van der Waals surface area contributed by atoms with Crippen LogP contribution in [0.5, 0.6) is 5.75 Å². The summed E-state index contributed by atoms with van der Waals surface area (Å²) in [7, 11) is 0. The lowest BCUT2D eigenvalue weighted by Gasteiger charge is -2.10. The van der Waals surface area contributed by atoms with Gasteiger partial charge in [-0.1, -0.05) is 73.5 Å². The first-order chi connectivity index (χ1) is 10.6. The van der Waals surface area contributed by atoms with Gasteiger partial charge in [-0.15, -0.1) is 0 Å². The monoisotopic (exact) mass is 304 g/mol. The highest BCUT2D eigenvalue weighted by Gasteiger charge is 2.06. The van der Waals surface area contributed by atoms with Gasteiger partial charge in [0.15, 0.2) is 0 Å². The molecule has 0 bridgehead atoms. The second-order valence-corrected chi connectivity index (χ2v) is 6.25. The van der Waals surface area contributed by atoms with E-state index in [0.717, 1.165) is 20.9 Å². The summed E-state index contributed by atoms with van der Waals surface area (Å²) in [5.41, 5.74) is 2.09. The smallest absolute Gasteiger partial charge is 0.115 e. The largest absolute Gasteiger partial charge is 0.508 e. The number of phenols is 1. The summed E-state index contributed by atoms with van der Waals surface area (Å²) in [6.07, 6.45) is 0. The zero-order valence-electron chi connectivity index (χ0n) is 12.1. The quantitative estimate of drug-likeness (QED) is 0.645. The van der Waals surface area contributed by atoms with Crippen LogP contribution >= 0.6 is 11.8 Å². The fourth-order valence-electron chi connectivity index (χ4n) is 2.28. The van der Waals surface area contributed by atoms with Gasteiger partial charge in [-0.05, 0) is 40.1 Å². The van der Waals surface area contributed by atoms with Crippen LogP contribution in [0.15, 0.2) is 79.9 Å². The Balaban J connectivity index is 1.80. The van der Waals surface area contributed by atoms with Crippen molar-refractivity contribution >= 4 is 32.3 Å². The molecule has 3 aromatic carbocycles. The summed E-state index contributed by atoms with van der Waals surface area (Å²) in [6, 6.07) is 21.7. The topological polar surface area (TPSA) is 20.2 Å². The number of benzene rings is 3. The molecule has 0 unspecified atom stereocenters. The summed E-state index contributed by atoms with van der Waals surface area (Å²) in [5.74, 6) is 0.259. The third-order valence-corrected chi connectivity index (χ3v) is 4.47. The van der Waals surface area contributed by atoms with Crippen LogP contribution in [0.3, 0.4) is 0 Å². The van der Waals surface area contributed by atoms with Crippen molar-refractivity contribution in [2.75, 3.05) is 0 Å². The molecule has 0 atom stereocenters. The normalized spacial score (nSPS) is 10.5. The Morgan fingerprint density at radius 1 is 0.727 bits per heavy atom. The highest BCUT2D eigenvalue weighted by Crippen LogP contribution is 2.37. The number of thioether (sulfide) groups is 1. The van der Waals surface area contributed by atoms with Crippen LogP contribution in [-0.2, 0) is 0 Å². The van der Waals surface area contributed by atoms with E-state index in [4.69, 9.17) is 0 Å². The molecule has 0 aliphatic carbocycles. The minimum atomic E-state index is 0.259. The van der Waals surface area contributed by atoms with Gasteiger partial charge in [0.25, 0.3) is 0 Å². The molecule has 22 heavy (non-hydrogen) atoms. The molecule has 0 aliphatic rings. The van der Waals surface area contributed by atoms with E-state index in [1.165, 1.54) is 10.8 Å². The van der Waals surface area contributed by atoms with Gasteiger partial charge < -0.3 is 5.11 Å². The van der Waals surface area contributed by atoms with E-state index in [1.54, 1.807) is 23.9 Å². The molecule has 108 valence electrons. The highest BCUT2D eigenvalue weighted by molar-refractivity contribution is 8.16. The van der Waals surface area contributed by atoms with Crippen molar-refractivity contribution in [1.82, 2.24) is 0 Å². The summed E-state index contributed by atoms with van der Waals surface area (Å²) < 4.78 is 0. The van der Waals surface area contributed by atoms with Crippen molar-refractivity contribution in [3.05, 3.63) is 91.0 Å². The zero-order valence-corrected chi connectivity index (χ0v) is 12.9. The Bertz CT molecular complexity index is 847. The molecule has 0 aliphatic heterocycles. The first-order valence-corrected chi connectivity index (χ1v) is 7.79. The molecule has 0 heterocycles. The Hall–Kier alpha value is -2.45. The number of hydrogen-bond donors (Lipinski definition) is 1. The summed E-state index contributed by atoms with van der Waals surface area (Å²) >= 11 is 1.55. The molecule has 3 rings (SSSR count). The Labute approximate surface area is 134 Å². The third kappa shape index (κ3) is 3.07. The van der Waals surface area contributed by atoms with Gasteiger partial charge in [0, 0.05) is 9.81 Å². The summed E-state index contributed by atoms with van der Waals surface area (Å²) in [5, 5.41) is 11.8. The fraction of sp³-hybridized carbons (Fsp3) is 0. The molecule has 0 saturated heterocycles. The van der Waals surface area contributed by atoms with Crippen molar-refractivity contribution in [1.29, 1.82) is 0 Å². The van der Waals surface area contributed by atoms with Gasteiger partial charge >= 0.3 is 0 Å². The van der Waals surface area contributed by atoms with Crippen molar-refractivity contribution in [3.63, 3.8) is 0 Å². The molecule has 0 fully saturated rings. The predicted molar refractivity (Wildman–Crippen MR) is 97.7 cm³/mol. The van der Waals surface area contributed by atoms with E-state index in [0.29, 0.717) is 0 Å². The third-order valence-electron chi connectivity index (χ3n) is 3.51. The minimum Gasteiger partial charge on any atom is -0.508 e. The van der Waals surface area contributed by atoms with E-state index < -0.39 is 0 Å². The number of aromatic hydroxyl groups is 1. The van der Waals surface area contributed by atoms with E-state index in [9.17, 15) is 5.11 Å². The Morgan fingerprint density at radius 2 is 1.32 bits per heavy atom. The van der Waals surface area contributed by atoms with Gasteiger partial charge in [0.05, 0.1) is 0 Å². The molecule has 0 saturated carbocycles. The highest BCUT2D eigenvalue weighted by atomic mass is 32.2. The second kappa shape index (κ2) is 6.12. The lowest BCUT2D eigenvalue weighted by Crippen LogP contribution is -1.82. The SMILES string of the molecule is C=C(SC(=C)c1ccc2ccccc2c1)c1ccc(O)cc1. The number of fused-ring (bicyclic) bond motifs is 1. The van der Waals surface area contributed by atoms with E-state index in [-0.39, 0.29) is 5.75 Å². The van der Waals surface area contributed by atoms with Crippen molar-refractivity contribution < 1.29 is 5.11 Å². The van der Waals surface area contributed by atoms with Crippen LogP contribution in [0.1, 0.15) is 11.1 Å². The maximum Gasteiger partial charge on any atom is 0.115 e. The molecule has 0 spiro atoms. The van der Waals surface area contributed by atoms with Crippen LogP contribution in [0.25, 0.3) is 20.6 Å². The Morgan fingerprint density at radius 3 is 2.05 bits per heavy atom. The van der Waals surface area contributed by atoms with Gasteiger partial charge in [-0.2, -0.15) is 0 Å². The summed E-state index contributed by atoms with van der Waals surface area (Å²) in [4.78, 5) is 1.88. The maximum atomic E-state index is 9.34. The van der Waals surface area contributed by atoms with Crippen LogP contribution < -0.4 is 0 Å². The average molecular weight is 304 g/mol. The first-order valence-electron chi connectivity index (χ1n) is 6.98. The average Bonchev–Trinajstić information content (AvgIpc) is 2.55. The van der Waals surface area contributed by atoms with Crippen molar-refractivity contribution in [3.8, 4) is 5.75 Å². The zero-order chi connectivity index (χ0) is 15.5. The van der Waals surface area contributed by atoms with Crippen molar-refractivity contribution in [2.24, 2.45) is 0 Å². The lowest BCUT2D eigenvalue weighted by atomic mass is 10.1. The van der Waals surface area contributed by atoms with Crippen LogP contribution in [0.4, 0.5) is 0 Å². The molecule has 0 amide bonds. The molecule has 2 heteroatoms. The number of hydrogen-bond acceptors (Lipinski definition) is 2. The van der Waals surface area contributed by atoms with Crippen molar-refractivity contribution in [2.45, 2.75) is 0 Å². The molecule has 1 N–H and O–H groups in total.